The first-order chi connectivity index (χ1) is 15.5. The van der Waals surface area contributed by atoms with Gasteiger partial charge < -0.3 is 9.69 Å². The molecule has 0 saturated carbocycles. The van der Waals surface area contributed by atoms with Gasteiger partial charge in [0.2, 0.25) is 6.41 Å². The molecule has 1 amide bonds. The zero-order valence-electron chi connectivity index (χ0n) is 19.2. The van der Waals surface area contributed by atoms with Gasteiger partial charge >= 0.3 is 0 Å². The number of aryl methyl sites for hydroxylation is 5. The molecule has 0 fully saturated rings. The molecule has 0 spiro atoms. The number of amides is 1. The Morgan fingerprint density at radius 3 is 1.97 bits per heavy atom. The van der Waals surface area contributed by atoms with Crippen LogP contribution in [-0.2, 0) is 22.4 Å². The molecule has 0 aliphatic carbocycles. The maximum Gasteiger partial charge on any atom is 0.214 e. The van der Waals surface area contributed by atoms with E-state index in [0.29, 0.717) is 0 Å². The number of carbonyl (C=O) groups is 2. The number of halogens is 1. The third-order valence-electron chi connectivity index (χ3n) is 5.68. The van der Waals surface area contributed by atoms with Crippen molar-refractivity contribution >= 4 is 18.9 Å². The number of benzene rings is 3. The van der Waals surface area contributed by atoms with Gasteiger partial charge in [0.1, 0.15) is 12.6 Å². The quantitative estimate of drug-likeness (QED) is 0.462. The molecule has 3 aromatic rings. The molecule has 0 saturated heterocycles. The largest absolute Gasteiger partial charge is 0.312 e. The molecule has 32 heavy (non-hydrogen) atoms. The SMILES string of the molecule is C=O.Cc1ccc(C)cc1.Cc1ccc(CCC2CCc3ccc(F)cc3N2C=O)cc1. The number of carbonyl (C=O) groups excluding carboxylic acids is 2. The van der Waals surface area contributed by atoms with E-state index in [9.17, 15) is 9.18 Å². The molecule has 0 aromatic heterocycles. The topological polar surface area (TPSA) is 37.4 Å². The highest BCUT2D eigenvalue weighted by Gasteiger charge is 2.26. The number of fused-ring (bicyclic) bond motifs is 1. The second-order valence-corrected chi connectivity index (χ2v) is 8.16. The number of nitrogens with zero attached hydrogens (tertiary/aromatic N) is 1. The smallest absolute Gasteiger partial charge is 0.214 e. The lowest BCUT2D eigenvalue weighted by molar-refractivity contribution is -0.108. The molecule has 0 radical (unpaired) electrons. The van der Waals surface area contributed by atoms with Gasteiger partial charge in [0.25, 0.3) is 0 Å². The molecule has 1 unspecified atom stereocenters. The number of hydrogen-bond donors (Lipinski definition) is 0. The Kier molecular flexibility index (Phi) is 9.80. The highest BCUT2D eigenvalue weighted by molar-refractivity contribution is 5.79. The predicted molar refractivity (Wildman–Crippen MR) is 130 cm³/mol. The van der Waals surface area contributed by atoms with Crippen molar-refractivity contribution < 1.29 is 14.0 Å². The second kappa shape index (κ2) is 12.6. The minimum atomic E-state index is -0.287. The Morgan fingerprint density at radius 1 is 0.906 bits per heavy atom. The van der Waals surface area contributed by atoms with Crippen molar-refractivity contribution in [1.29, 1.82) is 0 Å². The molecule has 4 heteroatoms. The van der Waals surface area contributed by atoms with E-state index in [1.165, 1.54) is 34.4 Å². The van der Waals surface area contributed by atoms with Crippen molar-refractivity contribution in [3.8, 4) is 0 Å². The minimum Gasteiger partial charge on any atom is -0.312 e. The van der Waals surface area contributed by atoms with E-state index in [4.69, 9.17) is 4.79 Å². The summed E-state index contributed by atoms with van der Waals surface area (Å²) >= 11 is 0. The standard InChI is InChI=1S/C19H20FNO.C8H10.CH2O/c1-14-2-4-15(5-3-14)6-10-18-11-8-16-7-9-17(20)12-19(16)21(18)13-22;1-7-3-5-8(2)6-4-7;1-2/h2-5,7,9,12-13,18H,6,8,10-11H2,1H3;3-6H,1-2H3;1H2. The van der Waals surface area contributed by atoms with Gasteiger partial charge in [-0.1, -0.05) is 71.3 Å². The van der Waals surface area contributed by atoms with Crippen LogP contribution in [0.2, 0.25) is 0 Å². The molecular weight excluding hydrogens is 401 g/mol. The Bertz CT molecular complexity index is 962. The van der Waals surface area contributed by atoms with E-state index in [-0.39, 0.29) is 11.9 Å². The molecule has 1 aliphatic heterocycles. The van der Waals surface area contributed by atoms with E-state index >= 15 is 0 Å². The van der Waals surface area contributed by atoms with E-state index < -0.39 is 0 Å². The summed E-state index contributed by atoms with van der Waals surface area (Å²) in [4.78, 5) is 21.2. The van der Waals surface area contributed by atoms with Gasteiger partial charge in [-0.3, -0.25) is 4.79 Å². The predicted octanol–water partition coefficient (Wildman–Crippen LogP) is 6.16. The molecule has 0 bridgehead atoms. The van der Waals surface area contributed by atoms with Gasteiger partial charge in [-0.15, -0.1) is 0 Å². The fourth-order valence-corrected chi connectivity index (χ4v) is 3.80. The van der Waals surface area contributed by atoms with Gasteiger partial charge in [-0.2, -0.15) is 0 Å². The molecule has 0 N–H and O–H groups in total. The van der Waals surface area contributed by atoms with Crippen molar-refractivity contribution in [2.24, 2.45) is 0 Å². The third kappa shape index (κ3) is 7.16. The fourth-order valence-electron chi connectivity index (χ4n) is 3.80. The first kappa shape index (κ1) is 25.0. The summed E-state index contributed by atoms with van der Waals surface area (Å²) in [5, 5.41) is 0. The second-order valence-electron chi connectivity index (χ2n) is 8.16. The molecule has 3 aromatic carbocycles. The number of rotatable bonds is 4. The summed E-state index contributed by atoms with van der Waals surface area (Å²) in [5.41, 5.74) is 6.98. The van der Waals surface area contributed by atoms with Crippen molar-refractivity contribution in [2.75, 3.05) is 4.90 Å². The van der Waals surface area contributed by atoms with E-state index in [0.717, 1.165) is 43.3 Å². The van der Waals surface area contributed by atoms with Gasteiger partial charge in [0.15, 0.2) is 0 Å². The van der Waals surface area contributed by atoms with E-state index in [1.807, 2.05) is 6.79 Å². The Balaban J connectivity index is 0.000000304. The fraction of sp³-hybridized carbons (Fsp3) is 0.286. The molecule has 1 aliphatic rings. The van der Waals surface area contributed by atoms with Crippen LogP contribution in [-0.4, -0.2) is 19.2 Å². The third-order valence-corrected chi connectivity index (χ3v) is 5.68. The number of hydrogen-bond acceptors (Lipinski definition) is 2. The van der Waals surface area contributed by atoms with Crippen LogP contribution in [0.25, 0.3) is 0 Å². The Labute approximate surface area is 190 Å². The van der Waals surface area contributed by atoms with Crippen molar-refractivity contribution in [2.45, 2.75) is 52.5 Å². The van der Waals surface area contributed by atoms with Gasteiger partial charge in [0, 0.05) is 11.7 Å². The summed E-state index contributed by atoms with van der Waals surface area (Å²) in [7, 11) is 0. The normalized spacial score (nSPS) is 14.2. The first-order valence-corrected chi connectivity index (χ1v) is 10.9. The lowest BCUT2D eigenvalue weighted by Gasteiger charge is -2.34. The Morgan fingerprint density at radius 2 is 1.44 bits per heavy atom. The summed E-state index contributed by atoms with van der Waals surface area (Å²) in [6.07, 6.45) is 4.51. The lowest BCUT2D eigenvalue weighted by Crippen LogP contribution is -2.38. The minimum absolute atomic E-state index is 0.146. The average Bonchev–Trinajstić information content (AvgIpc) is 2.82. The summed E-state index contributed by atoms with van der Waals surface area (Å²) in [6, 6.07) is 21.8. The van der Waals surface area contributed by atoms with Crippen LogP contribution in [0.15, 0.2) is 66.7 Å². The van der Waals surface area contributed by atoms with Crippen LogP contribution in [0.5, 0.6) is 0 Å². The van der Waals surface area contributed by atoms with Crippen LogP contribution in [0.1, 0.15) is 40.7 Å². The van der Waals surface area contributed by atoms with Gasteiger partial charge in [0.05, 0.1) is 0 Å². The van der Waals surface area contributed by atoms with Crippen molar-refractivity contribution in [3.05, 3.63) is 100 Å². The zero-order chi connectivity index (χ0) is 23.5. The van der Waals surface area contributed by atoms with Crippen molar-refractivity contribution in [3.63, 3.8) is 0 Å². The van der Waals surface area contributed by atoms with Crippen LogP contribution >= 0.6 is 0 Å². The summed E-state index contributed by atoms with van der Waals surface area (Å²) in [5.74, 6) is -0.287. The van der Waals surface area contributed by atoms with Crippen LogP contribution in [0.3, 0.4) is 0 Å². The maximum absolute atomic E-state index is 13.5. The first-order valence-electron chi connectivity index (χ1n) is 10.9. The summed E-state index contributed by atoms with van der Waals surface area (Å²) in [6.45, 7) is 8.27. The van der Waals surface area contributed by atoms with Crippen LogP contribution in [0.4, 0.5) is 10.1 Å². The van der Waals surface area contributed by atoms with Gasteiger partial charge in [-0.05, 0) is 69.7 Å². The monoisotopic (exact) mass is 433 g/mol. The van der Waals surface area contributed by atoms with Crippen LogP contribution in [0, 0.1) is 26.6 Å². The molecule has 4 rings (SSSR count). The highest BCUT2D eigenvalue weighted by Crippen LogP contribution is 2.32. The van der Waals surface area contributed by atoms with Crippen molar-refractivity contribution in [1.82, 2.24) is 0 Å². The van der Waals surface area contributed by atoms with E-state index in [2.05, 4.69) is 69.3 Å². The number of anilines is 1. The molecule has 1 atom stereocenters. The zero-order valence-corrected chi connectivity index (χ0v) is 19.2. The molecule has 168 valence electrons. The lowest BCUT2D eigenvalue weighted by atomic mass is 9.92. The maximum atomic E-state index is 13.5. The molecule has 3 nitrogen and oxygen atoms in total. The Hall–Kier alpha value is -3.27. The molecule has 1 heterocycles. The van der Waals surface area contributed by atoms with Gasteiger partial charge in [-0.25, -0.2) is 4.39 Å². The summed E-state index contributed by atoms with van der Waals surface area (Å²) < 4.78 is 13.5. The van der Waals surface area contributed by atoms with Crippen LogP contribution < -0.4 is 4.90 Å². The molecular formula is C28H32FNO2. The van der Waals surface area contributed by atoms with E-state index in [1.54, 1.807) is 11.0 Å². The average molecular weight is 434 g/mol. The highest BCUT2D eigenvalue weighted by atomic mass is 19.1.